The summed E-state index contributed by atoms with van der Waals surface area (Å²) in [7, 11) is -2.92. The Bertz CT molecular complexity index is 106. The van der Waals surface area contributed by atoms with Crippen molar-refractivity contribution in [2.75, 3.05) is 18.9 Å². The average molecular weight is 186 g/mol. The van der Waals surface area contributed by atoms with Crippen LogP contribution in [0.25, 0.3) is 0 Å². The van der Waals surface area contributed by atoms with E-state index in [1.165, 1.54) is 0 Å². The zero-order valence-electron chi connectivity index (χ0n) is 5.37. The van der Waals surface area contributed by atoms with Gasteiger partial charge in [-0.1, -0.05) is 6.92 Å². The SMILES string of the molecule is CCP(=O)(O)CCO.[Ti]. The molecule has 0 fully saturated rings. The second kappa shape index (κ2) is 5.63. The van der Waals surface area contributed by atoms with Crippen LogP contribution in [0, 0.1) is 0 Å². The van der Waals surface area contributed by atoms with Crippen LogP contribution in [0.4, 0.5) is 0 Å². The van der Waals surface area contributed by atoms with Crippen LogP contribution in [-0.4, -0.2) is 28.9 Å². The van der Waals surface area contributed by atoms with Gasteiger partial charge >= 0.3 is 0 Å². The van der Waals surface area contributed by atoms with Crippen LogP contribution < -0.4 is 0 Å². The molecule has 0 saturated carbocycles. The first-order valence-corrected chi connectivity index (χ1v) is 4.57. The van der Waals surface area contributed by atoms with Crippen molar-refractivity contribution in [3.63, 3.8) is 0 Å². The summed E-state index contributed by atoms with van der Waals surface area (Å²) in [6, 6.07) is 0. The van der Waals surface area contributed by atoms with Crippen molar-refractivity contribution in [1.29, 1.82) is 0 Å². The molecule has 0 rings (SSSR count). The summed E-state index contributed by atoms with van der Waals surface area (Å²) < 4.78 is 10.6. The maximum absolute atomic E-state index is 10.6. The molecular formula is C4H11O3PTi. The summed E-state index contributed by atoms with van der Waals surface area (Å²) >= 11 is 0. The second-order valence-electron chi connectivity index (χ2n) is 1.61. The summed E-state index contributed by atoms with van der Waals surface area (Å²) in [6.45, 7) is 1.44. The van der Waals surface area contributed by atoms with Crippen molar-refractivity contribution in [2.45, 2.75) is 6.92 Å². The fourth-order valence-electron chi connectivity index (χ4n) is 0.314. The number of hydrogen-bond acceptors (Lipinski definition) is 2. The van der Waals surface area contributed by atoms with Gasteiger partial charge in [0, 0.05) is 34.0 Å². The maximum Gasteiger partial charge on any atom is 0.202 e. The number of rotatable bonds is 3. The molecule has 54 valence electrons. The van der Waals surface area contributed by atoms with Gasteiger partial charge in [0.15, 0.2) is 0 Å². The van der Waals surface area contributed by atoms with Crippen molar-refractivity contribution < 1.29 is 36.3 Å². The third-order valence-corrected chi connectivity index (χ3v) is 2.83. The standard InChI is InChI=1S/C4H11O3P.Ti/c1-2-8(6,7)4-3-5;/h5H,2-4H2,1H3,(H,6,7);. The molecule has 0 aliphatic heterocycles. The van der Waals surface area contributed by atoms with E-state index in [2.05, 4.69) is 0 Å². The van der Waals surface area contributed by atoms with E-state index in [-0.39, 0.29) is 40.6 Å². The summed E-state index contributed by atoms with van der Waals surface area (Å²) in [5.74, 6) is 0. The van der Waals surface area contributed by atoms with E-state index in [4.69, 9.17) is 10.00 Å². The molecule has 0 aliphatic carbocycles. The van der Waals surface area contributed by atoms with Crippen LogP contribution in [-0.2, 0) is 26.3 Å². The predicted molar refractivity (Wildman–Crippen MR) is 32.3 cm³/mol. The number of hydrogen-bond donors (Lipinski definition) is 2. The molecule has 0 aromatic rings. The molecule has 1 unspecified atom stereocenters. The largest absolute Gasteiger partial charge is 0.396 e. The summed E-state index contributed by atoms with van der Waals surface area (Å²) in [5.41, 5.74) is 0. The molecule has 0 aromatic carbocycles. The quantitative estimate of drug-likeness (QED) is 0.491. The van der Waals surface area contributed by atoms with Gasteiger partial charge in [0.1, 0.15) is 0 Å². The van der Waals surface area contributed by atoms with E-state index in [1.54, 1.807) is 6.92 Å². The van der Waals surface area contributed by atoms with Gasteiger partial charge in [0.05, 0.1) is 6.61 Å². The molecule has 3 nitrogen and oxygen atoms in total. The molecule has 0 bridgehead atoms. The molecule has 0 radical (unpaired) electrons. The first kappa shape index (κ1) is 12.5. The summed E-state index contributed by atoms with van der Waals surface area (Å²) in [6.07, 6.45) is 0.289. The third-order valence-electron chi connectivity index (χ3n) is 0.944. The van der Waals surface area contributed by atoms with Crippen molar-refractivity contribution in [1.82, 2.24) is 0 Å². The van der Waals surface area contributed by atoms with Crippen molar-refractivity contribution in [3.05, 3.63) is 0 Å². The molecule has 9 heavy (non-hydrogen) atoms. The van der Waals surface area contributed by atoms with Crippen molar-refractivity contribution in [2.24, 2.45) is 0 Å². The molecule has 1 atom stereocenters. The van der Waals surface area contributed by atoms with Crippen molar-refractivity contribution in [3.8, 4) is 0 Å². The smallest absolute Gasteiger partial charge is 0.202 e. The van der Waals surface area contributed by atoms with E-state index < -0.39 is 7.37 Å². The fraction of sp³-hybridized carbons (Fsp3) is 1.00. The van der Waals surface area contributed by atoms with Gasteiger partial charge in [-0.3, -0.25) is 4.57 Å². The van der Waals surface area contributed by atoms with Crippen molar-refractivity contribution >= 4 is 7.37 Å². The molecular weight excluding hydrogens is 175 g/mol. The van der Waals surface area contributed by atoms with Gasteiger partial charge < -0.3 is 10.00 Å². The Hall–Kier alpha value is 0.864. The van der Waals surface area contributed by atoms with E-state index in [9.17, 15) is 4.57 Å². The van der Waals surface area contributed by atoms with E-state index in [0.717, 1.165) is 0 Å². The Morgan fingerprint density at radius 3 is 2.11 bits per heavy atom. The number of aliphatic hydroxyl groups is 1. The third kappa shape index (κ3) is 6.75. The Balaban J connectivity index is 0. The Morgan fingerprint density at radius 1 is 1.56 bits per heavy atom. The van der Waals surface area contributed by atoms with Crippen LogP contribution in [0.15, 0.2) is 0 Å². The normalized spacial score (nSPS) is 15.9. The minimum atomic E-state index is -2.92. The van der Waals surface area contributed by atoms with Crippen LogP contribution in [0.5, 0.6) is 0 Å². The van der Waals surface area contributed by atoms with Crippen LogP contribution in [0.2, 0.25) is 0 Å². The first-order valence-electron chi connectivity index (χ1n) is 2.54. The summed E-state index contributed by atoms with van der Waals surface area (Å²) in [5, 5.41) is 8.20. The zero-order valence-corrected chi connectivity index (χ0v) is 7.83. The van der Waals surface area contributed by atoms with Gasteiger partial charge in [0.2, 0.25) is 7.37 Å². The Labute approximate surface area is 69.8 Å². The molecule has 0 saturated heterocycles. The minimum Gasteiger partial charge on any atom is -0.396 e. The molecule has 0 aromatic heterocycles. The zero-order chi connectivity index (χ0) is 6.62. The maximum atomic E-state index is 10.6. The molecule has 2 N–H and O–H groups in total. The van der Waals surface area contributed by atoms with E-state index >= 15 is 0 Å². The van der Waals surface area contributed by atoms with Crippen LogP contribution in [0.3, 0.4) is 0 Å². The van der Waals surface area contributed by atoms with Gasteiger partial charge in [-0.2, -0.15) is 0 Å². The van der Waals surface area contributed by atoms with Gasteiger partial charge in [-0.15, -0.1) is 0 Å². The Morgan fingerprint density at radius 2 is 2.00 bits per heavy atom. The fourth-order valence-corrected chi connectivity index (χ4v) is 0.943. The predicted octanol–water partition coefficient (Wildman–Crippen LogP) is 0.267. The van der Waals surface area contributed by atoms with E-state index in [0.29, 0.717) is 0 Å². The average Bonchev–Trinajstić information content (AvgIpc) is 1.67. The monoisotopic (exact) mass is 186 g/mol. The molecule has 0 heterocycles. The second-order valence-corrected chi connectivity index (χ2v) is 4.38. The van der Waals surface area contributed by atoms with Gasteiger partial charge in [-0.05, 0) is 0 Å². The Kier molecular flexibility index (Phi) is 7.85. The molecule has 0 aliphatic rings. The first-order chi connectivity index (χ1) is 3.62. The van der Waals surface area contributed by atoms with Gasteiger partial charge in [-0.25, -0.2) is 0 Å². The van der Waals surface area contributed by atoms with Crippen LogP contribution >= 0.6 is 7.37 Å². The van der Waals surface area contributed by atoms with Gasteiger partial charge in [0.25, 0.3) is 0 Å². The van der Waals surface area contributed by atoms with E-state index in [1.807, 2.05) is 0 Å². The summed E-state index contributed by atoms with van der Waals surface area (Å²) in [4.78, 5) is 8.72. The number of aliphatic hydroxyl groups excluding tert-OH is 1. The molecule has 0 amide bonds. The topological polar surface area (TPSA) is 57.5 Å². The van der Waals surface area contributed by atoms with Crippen LogP contribution in [0.1, 0.15) is 6.92 Å². The molecule has 5 heteroatoms. The molecule has 0 spiro atoms. The minimum absolute atomic E-state index is 0.